The highest BCUT2D eigenvalue weighted by molar-refractivity contribution is 7.92. The zero-order valence-corrected chi connectivity index (χ0v) is 37.6. The third-order valence-corrected chi connectivity index (χ3v) is 15.6. The van der Waals surface area contributed by atoms with Crippen molar-refractivity contribution in [1.29, 1.82) is 0 Å². The molecule has 16 nitrogen and oxygen atoms in total. The molecule has 8 rings (SSSR count). The fourth-order valence-electron chi connectivity index (χ4n) is 9.40. The van der Waals surface area contributed by atoms with Crippen LogP contribution >= 0.6 is 11.3 Å². The molecule has 4 amide bonds. The number of rotatable bonds is 13. The smallest absolute Gasteiger partial charge is 0.234 e. The van der Waals surface area contributed by atoms with Gasteiger partial charge in [0.1, 0.15) is 5.82 Å². The average Bonchev–Trinajstić information content (AvgIpc) is 3.73. The van der Waals surface area contributed by atoms with Gasteiger partial charge in [0, 0.05) is 75.5 Å². The average molecular weight is 915 g/mol. The molecule has 1 aromatic carbocycles. The molecule has 4 N–H and O–H groups in total. The van der Waals surface area contributed by atoms with Crippen molar-refractivity contribution in [2.45, 2.75) is 83.5 Å². The summed E-state index contributed by atoms with van der Waals surface area (Å²) < 4.78 is 43.4. The summed E-state index contributed by atoms with van der Waals surface area (Å²) in [5.74, 6) is -0.300. The van der Waals surface area contributed by atoms with Crippen LogP contribution in [-0.2, 0) is 35.6 Å². The molecule has 0 unspecified atom stereocenters. The Morgan fingerprint density at radius 1 is 0.891 bits per heavy atom. The van der Waals surface area contributed by atoms with Gasteiger partial charge in [0.15, 0.2) is 5.82 Å². The van der Waals surface area contributed by atoms with Gasteiger partial charge in [-0.05, 0) is 100.0 Å². The SMILES string of the molecule is CCCS(=O)(=O)Nc1cccc(-c2nc(CCC3CCN(C(=O)C4CCN(C(=O)C5CCN(c6ccc([C@@H]7CCC(=O)NC7=O)cn6)CC5)CC4)CC3)sc2-c2ccnc(N)n2)c1F. The number of aryl methyl sites for hydroxylation is 1. The number of thiazole rings is 1. The maximum absolute atomic E-state index is 16.0. The molecule has 340 valence electrons. The van der Waals surface area contributed by atoms with Gasteiger partial charge >= 0.3 is 0 Å². The highest BCUT2D eigenvalue weighted by Crippen LogP contribution is 2.40. The maximum atomic E-state index is 16.0. The lowest BCUT2D eigenvalue weighted by Gasteiger charge is -2.39. The van der Waals surface area contributed by atoms with Gasteiger partial charge in [-0.15, -0.1) is 11.3 Å². The van der Waals surface area contributed by atoms with Crippen LogP contribution in [-0.4, -0.2) is 107 Å². The predicted octanol–water partition coefficient (Wildman–Crippen LogP) is 5.38. The third-order valence-electron chi connectivity index (χ3n) is 13.0. The van der Waals surface area contributed by atoms with Crippen molar-refractivity contribution in [3.05, 3.63) is 65.2 Å². The minimum Gasteiger partial charge on any atom is -0.368 e. The number of halogens is 1. The van der Waals surface area contributed by atoms with Gasteiger partial charge in [0.25, 0.3) is 0 Å². The van der Waals surface area contributed by atoms with Crippen LogP contribution in [0, 0.1) is 23.6 Å². The number of aromatic nitrogens is 4. The van der Waals surface area contributed by atoms with Crippen molar-refractivity contribution in [3.63, 3.8) is 0 Å². The molecule has 64 heavy (non-hydrogen) atoms. The van der Waals surface area contributed by atoms with Crippen molar-refractivity contribution in [1.82, 2.24) is 35.1 Å². The molecule has 4 saturated heterocycles. The van der Waals surface area contributed by atoms with Crippen LogP contribution in [0.15, 0.2) is 48.8 Å². The van der Waals surface area contributed by atoms with Gasteiger partial charge in [-0.25, -0.2) is 32.7 Å². The zero-order valence-electron chi connectivity index (χ0n) is 36.0. The largest absolute Gasteiger partial charge is 0.368 e. The van der Waals surface area contributed by atoms with Gasteiger partial charge in [-0.2, -0.15) is 0 Å². The fraction of sp³-hybridized carbons (Fsp3) is 0.511. The first-order chi connectivity index (χ1) is 30.9. The lowest BCUT2D eigenvalue weighted by molar-refractivity contribution is -0.143. The van der Waals surface area contributed by atoms with Crippen LogP contribution in [0.2, 0.25) is 0 Å². The Labute approximate surface area is 376 Å². The zero-order chi connectivity index (χ0) is 45.0. The molecule has 4 aromatic rings. The Bertz CT molecular complexity index is 2460. The molecule has 3 aromatic heterocycles. The first kappa shape index (κ1) is 45.0. The minimum absolute atomic E-state index is 0.0648. The molecule has 19 heteroatoms. The van der Waals surface area contributed by atoms with Gasteiger partial charge in [0.05, 0.1) is 38.6 Å². The number of hydrogen-bond acceptors (Lipinski definition) is 13. The summed E-state index contributed by atoms with van der Waals surface area (Å²) in [5.41, 5.74) is 7.58. The number of benzene rings is 1. The Morgan fingerprint density at radius 2 is 1.58 bits per heavy atom. The van der Waals surface area contributed by atoms with E-state index in [1.807, 2.05) is 21.9 Å². The van der Waals surface area contributed by atoms with Crippen molar-refractivity contribution < 1.29 is 32.0 Å². The van der Waals surface area contributed by atoms with E-state index in [1.165, 1.54) is 23.6 Å². The topological polar surface area (TPSA) is 214 Å². The molecule has 0 aliphatic carbocycles. The molecular formula is C45H55FN10O6S2. The highest BCUT2D eigenvalue weighted by atomic mass is 32.2. The van der Waals surface area contributed by atoms with E-state index in [0.29, 0.717) is 100.0 Å². The second kappa shape index (κ2) is 19.7. The predicted molar refractivity (Wildman–Crippen MR) is 242 cm³/mol. The Kier molecular flexibility index (Phi) is 13.8. The normalized spacial score (nSPS) is 19.5. The number of nitrogens with two attached hydrogens (primary N) is 1. The van der Waals surface area contributed by atoms with Gasteiger partial charge in [0.2, 0.25) is 39.6 Å². The van der Waals surface area contributed by atoms with E-state index >= 15 is 4.39 Å². The van der Waals surface area contributed by atoms with E-state index in [2.05, 4.69) is 29.9 Å². The summed E-state index contributed by atoms with van der Waals surface area (Å²) in [5, 5.41) is 3.19. The van der Waals surface area contributed by atoms with Crippen molar-refractivity contribution in [3.8, 4) is 21.8 Å². The van der Waals surface area contributed by atoms with E-state index in [9.17, 15) is 27.6 Å². The summed E-state index contributed by atoms with van der Waals surface area (Å²) in [7, 11) is -3.73. The van der Waals surface area contributed by atoms with E-state index < -0.39 is 15.8 Å². The molecule has 0 bridgehead atoms. The van der Waals surface area contributed by atoms with E-state index in [0.717, 1.165) is 48.5 Å². The van der Waals surface area contributed by atoms with Gasteiger partial charge in [-0.3, -0.25) is 29.2 Å². The summed E-state index contributed by atoms with van der Waals surface area (Å²) in [6.07, 6.45) is 10.4. The first-order valence-electron chi connectivity index (χ1n) is 22.4. The quantitative estimate of drug-likeness (QED) is 0.144. The Hall–Kier alpha value is -5.56. The van der Waals surface area contributed by atoms with Gasteiger partial charge < -0.3 is 20.4 Å². The maximum Gasteiger partial charge on any atom is 0.234 e. The van der Waals surface area contributed by atoms with Crippen LogP contribution < -0.4 is 20.7 Å². The molecular weight excluding hydrogens is 860 g/mol. The van der Waals surface area contributed by atoms with Crippen LogP contribution in [0.4, 0.5) is 21.8 Å². The summed E-state index contributed by atoms with van der Waals surface area (Å²) in [6, 6.07) is 10.1. The van der Waals surface area contributed by atoms with Crippen LogP contribution in [0.3, 0.4) is 0 Å². The monoisotopic (exact) mass is 914 g/mol. The first-order valence-corrected chi connectivity index (χ1v) is 24.8. The molecule has 4 aliphatic heterocycles. The number of sulfonamides is 1. The van der Waals surface area contributed by atoms with Crippen molar-refractivity contribution in [2.75, 3.05) is 60.4 Å². The molecule has 0 radical (unpaired) electrons. The molecule has 0 spiro atoms. The lowest BCUT2D eigenvalue weighted by atomic mass is 9.89. The summed E-state index contributed by atoms with van der Waals surface area (Å²) >= 11 is 1.40. The molecule has 4 aliphatic rings. The number of likely N-dealkylation sites (tertiary alicyclic amines) is 2. The highest BCUT2D eigenvalue weighted by Gasteiger charge is 2.36. The Morgan fingerprint density at radius 3 is 2.22 bits per heavy atom. The number of anilines is 3. The molecule has 4 fully saturated rings. The summed E-state index contributed by atoms with van der Waals surface area (Å²) in [4.78, 5) is 75.7. The Balaban J connectivity index is 0.800. The second-order valence-corrected chi connectivity index (χ2v) is 20.2. The third kappa shape index (κ3) is 10.4. The number of carbonyl (C=O) groups excluding carboxylic acids is 4. The molecule has 0 saturated carbocycles. The van der Waals surface area contributed by atoms with Crippen LogP contribution in [0.5, 0.6) is 0 Å². The number of imide groups is 1. The number of pyridine rings is 1. The number of piperidine rings is 4. The summed E-state index contributed by atoms with van der Waals surface area (Å²) in [6.45, 7) is 5.67. The number of nitrogens with one attached hydrogen (secondary N) is 2. The van der Waals surface area contributed by atoms with Crippen molar-refractivity contribution >= 4 is 62.4 Å². The minimum atomic E-state index is -3.73. The number of hydrogen-bond donors (Lipinski definition) is 3. The molecule has 7 heterocycles. The number of amides is 4. The van der Waals surface area contributed by atoms with Gasteiger partial charge in [-0.1, -0.05) is 19.1 Å². The van der Waals surface area contributed by atoms with Crippen LogP contribution in [0.1, 0.15) is 87.6 Å². The van der Waals surface area contributed by atoms with E-state index in [-0.39, 0.29) is 64.3 Å². The molecule has 1 atom stereocenters. The van der Waals surface area contributed by atoms with Crippen LogP contribution in [0.25, 0.3) is 21.8 Å². The van der Waals surface area contributed by atoms with E-state index in [4.69, 9.17) is 10.7 Å². The fourth-order valence-corrected chi connectivity index (χ4v) is 11.6. The van der Waals surface area contributed by atoms with E-state index in [1.54, 1.807) is 31.3 Å². The lowest BCUT2D eigenvalue weighted by Crippen LogP contribution is -2.49. The van der Waals surface area contributed by atoms with Crippen molar-refractivity contribution in [2.24, 2.45) is 17.8 Å². The standard InChI is InChI=1S/C45H55FN10O6S2/c1-2-26-64(61,62)53-34-5-3-4-33(39(34)46)40-41(35-12-19-48-45(47)50-35)63-38(52-40)11-6-28-13-20-55(21-14-28)43(59)30-17-24-56(25-18-30)44(60)29-15-22-54(23-16-29)36-9-7-31(27-49-36)32-8-10-37(57)51-42(32)58/h3-5,7,9,12,19,27-30,32,53H,2,6,8,10-11,13-18,20-26H2,1H3,(H2,47,48,50)(H,51,57,58)/t32-/m0/s1. The number of carbonyl (C=O) groups is 4. The number of nitrogen functional groups attached to an aromatic ring is 1. The second-order valence-electron chi connectivity index (χ2n) is 17.3. The number of nitrogens with zero attached hydrogens (tertiary/aromatic N) is 7.